The number of unbranched alkanes of at least 4 members (excludes halogenated alkanes) is 2. The summed E-state index contributed by atoms with van der Waals surface area (Å²) in [7, 11) is 0. The first-order valence-corrected chi connectivity index (χ1v) is 5.28. The van der Waals surface area contributed by atoms with E-state index < -0.39 is 0 Å². The number of carbonyl (C=O) groups excluding carboxylic acids is 1. The summed E-state index contributed by atoms with van der Waals surface area (Å²) in [5, 5.41) is 0. The van der Waals surface area contributed by atoms with Crippen molar-refractivity contribution in [3.05, 3.63) is 0 Å². The van der Waals surface area contributed by atoms with E-state index in [1.165, 1.54) is 25.8 Å². The van der Waals surface area contributed by atoms with E-state index in [1.54, 1.807) is 0 Å². The first-order valence-electron chi connectivity index (χ1n) is 5.28. The fourth-order valence-electron chi connectivity index (χ4n) is 1.68. The Kier molecular flexibility index (Phi) is 4.83. The van der Waals surface area contributed by atoms with Gasteiger partial charge in [-0.3, -0.25) is 9.69 Å². The molecule has 0 N–H and O–H groups in total. The van der Waals surface area contributed by atoms with Crippen molar-refractivity contribution < 1.29 is 4.79 Å². The van der Waals surface area contributed by atoms with Crippen LogP contribution in [0.3, 0.4) is 0 Å². The van der Waals surface area contributed by atoms with Crippen molar-refractivity contribution in [2.24, 2.45) is 0 Å². The molecule has 0 aromatic heterocycles. The highest BCUT2D eigenvalue weighted by Crippen LogP contribution is 2.02. The van der Waals surface area contributed by atoms with Gasteiger partial charge in [0.1, 0.15) is 0 Å². The lowest BCUT2D eigenvalue weighted by molar-refractivity contribution is -0.119. The molecule has 0 unspecified atom stereocenters. The highest BCUT2D eigenvalue weighted by molar-refractivity contribution is 5.47. The van der Waals surface area contributed by atoms with Crippen LogP contribution in [0.15, 0.2) is 0 Å². The molecule has 1 aliphatic heterocycles. The Morgan fingerprint density at radius 1 is 1.15 bits per heavy atom. The lowest BCUT2D eigenvalue weighted by atomic mass is 10.2. The molecule has 3 heteroatoms. The minimum atomic E-state index is 0.912. The van der Waals surface area contributed by atoms with Gasteiger partial charge in [0.25, 0.3) is 0 Å². The molecule has 0 spiro atoms. The predicted molar refractivity (Wildman–Crippen MR) is 53.6 cm³/mol. The van der Waals surface area contributed by atoms with E-state index in [0.29, 0.717) is 0 Å². The number of amides is 1. The topological polar surface area (TPSA) is 23.6 Å². The first kappa shape index (κ1) is 10.5. The minimum Gasteiger partial charge on any atom is -0.343 e. The van der Waals surface area contributed by atoms with Crippen LogP contribution in [-0.2, 0) is 4.79 Å². The third-order valence-electron chi connectivity index (χ3n) is 2.63. The van der Waals surface area contributed by atoms with Gasteiger partial charge >= 0.3 is 0 Å². The maximum atomic E-state index is 10.4. The van der Waals surface area contributed by atoms with Crippen molar-refractivity contribution >= 4 is 6.41 Å². The van der Waals surface area contributed by atoms with E-state index in [0.717, 1.165) is 32.6 Å². The molecule has 0 aliphatic carbocycles. The molecule has 1 saturated heterocycles. The predicted octanol–water partition coefficient (Wildman–Crippen LogP) is 0.951. The molecule has 0 aromatic rings. The molecule has 13 heavy (non-hydrogen) atoms. The molecule has 1 rings (SSSR count). The van der Waals surface area contributed by atoms with Gasteiger partial charge < -0.3 is 4.90 Å². The number of hydrogen-bond donors (Lipinski definition) is 0. The van der Waals surface area contributed by atoms with Gasteiger partial charge in [-0.25, -0.2) is 0 Å². The molecule has 1 fully saturated rings. The van der Waals surface area contributed by atoms with E-state index in [9.17, 15) is 4.79 Å². The van der Waals surface area contributed by atoms with Gasteiger partial charge in [0.2, 0.25) is 6.41 Å². The van der Waals surface area contributed by atoms with Gasteiger partial charge in [-0.05, 0) is 13.0 Å². The highest BCUT2D eigenvalue weighted by atomic mass is 16.1. The summed E-state index contributed by atoms with van der Waals surface area (Å²) in [6.07, 6.45) is 4.88. The maximum Gasteiger partial charge on any atom is 0.209 e. The Bertz CT molecular complexity index is 142. The summed E-state index contributed by atoms with van der Waals surface area (Å²) in [4.78, 5) is 14.7. The summed E-state index contributed by atoms with van der Waals surface area (Å²) in [5.74, 6) is 0. The summed E-state index contributed by atoms with van der Waals surface area (Å²) >= 11 is 0. The Morgan fingerprint density at radius 3 is 2.38 bits per heavy atom. The molecular formula is C10H20N2O. The SMILES string of the molecule is CCCCCN1CCN(C=O)CC1. The summed E-state index contributed by atoms with van der Waals surface area (Å²) < 4.78 is 0. The molecule has 0 saturated carbocycles. The van der Waals surface area contributed by atoms with Crippen LogP contribution in [0.4, 0.5) is 0 Å². The van der Waals surface area contributed by atoms with Crippen LogP contribution in [0.25, 0.3) is 0 Å². The van der Waals surface area contributed by atoms with Crippen LogP contribution in [0.5, 0.6) is 0 Å². The van der Waals surface area contributed by atoms with Crippen LogP contribution in [0.2, 0.25) is 0 Å². The molecule has 0 radical (unpaired) electrons. The lowest BCUT2D eigenvalue weighted by Gasteiger charge is -2.32. The number of carbonyl (C=O) groups is 1. The number of rotatable bonds is 5. The molecule has 1 heterocycles. The maximum absolute atomic E-state index is 10.4. The zero-order valence-electron chi connectivity index (χ0n) is 8.54. The zero-order valence-corrected chi connectivity index (χ0v) is 8.54. The molecule has 76 valence electrons. The Labute approximate surface area is 80.7 Å². The van der Waals surface area contributed by atoms with Crippen molar-refractivity contribution in [1.29, 1.82) is 0 Å². The van der Waals surface area contributed by atoms with E-state index >= 15 is 0 Å². The fourth-order valence-corrected chi connectivity index (χ4v) is 1.68. The molecule has 1 aliphatic rings. The number of nitrogens with zero attached hydrogens (tertiary/aromatic N) is 2. The van der Waals surface area contributed by atoms with Gasteiger partial charge in [0, 0.05) is 26.2 Å². The van der Waals surface area contributed by atoms with Gasteiger partial charge in [0.05, 0.1) is 0 Å². The van der Waals surface area contributed by atoms with Crippen molar-refractivity contribution in [3.63, 3.8) is 0 Å². The van der Waals surface area contributed by atoms with Crippen LogP contribution in [0.1, 0.15) is 26.2 Å². The van der Waals surface area contributed by atoms with Crippen molar-refractivity contribution in [3.8, 4) is 0 Å². The summed E-state index contributed by atoms with van der Waals surface area (Å²) in [5.41, 5.74) is 0. The smallest absolute Gasteiger partial charge is 0.209 e. The number of piperazine rings is 1. The Hall–Kier alpha value is -0.570. The quantitative estimate of drug-likeness (QED) is 0.469. The zero-order chi connectivity index (χ0) is 9.52. The second-order valence-electron chi connectivity index (χ2n) is 3.69. The van der Waals surface area contributed by atoms with Crippen LogP contribution in [0, 0.1) is 0 Å². The molecule has 0 bridgehead atoms. The second kappa shape index (κ2) is 5.97. The Morgan fingerprint density at radius 2 is 1.85 bits per heavy atom. The van der Waals surface area contributed by atoms with Crippen molar-refractivity contribution in [2.45, 2.75) is 26.2 Å². The molecule has 1 amide bonds. The Balaban J connectivity index is 2.07. The molecule has 0 atom stereocenters. The van der Waals surface area contributed by atoms with Crippen LogP contribution >= 0.6 is 0 Å². The standard InChI is InChI=1S/C10H20N2O/c1-2-3-4-5-11-6-8-12(10-13)9-7-11/h10H,2-9H2,1H3. The van der Waals surface area contributed by atoms with Crippen molar-refractivity contribution in [2.75, 3.05) is 32.7 Å². The van der Waals surface area contributed by atoms with Crippen molar-refractivity contribution in [1.82, 2.24) is 9.80 Å². The van der Waals surface area contributed by atoms with Crippen LogP contribution < -0.4 is 0 Å². The molecular weight excluding hydrogens is 164 g/mol. The first-order chi connectivity index (χ1) is 6.36. The minimum absolute atomic E-state index is 0.912. The lowest BCUT2D eigenvalue weighted by Crippen LogP contribution is -2.45. The second-order valence-corrected chi connectivity index (χ2v) is 3.69. The third kappa shape index (κ3) is 3.77. The molecule has 3 nitrogen and oxygen atoms in total. The average Bonchev–Trinajstić information content (AvgIpc) is 2.19. The van der Waals surface area contributed by atoms with E-state index in [4.69, 9.17) is 0 Å². The molecule has 0 aromatic carbocycles. The summed E-state index contributed by atoms with van der Waals surface area (Å²) in [6, 6.07) is 0. The average molecular weight is 184 g/mol. The van der Waals surface area contributed by atoms with Gasteiger partial charge in [-0.1, -0.05) is 19.8 Å². The van der Waals surface area contributed by atoms with E-state index in [1.807, 2.05) is 4.90 Å². The largest absolute Gasteiger partial charge is 0.343 e. The third-order valence-corrected chi connectivity index (χ3v) is 2.63. The van der Waals surface area contributed by atoms with E-state index in [-0.39, 0.29) is 0 Å². The van der Waals surface area contributed by atoms with Crippen LogP contribution in [-0.4, -0.2) is 48.9 Å². The summed E-state index contributed by atoms with van der Waals surface area (Å²) in [6.45, 7) is 7.38. The van der Waals surface area contributed by atoms with E-state index in [2.05, 4.69) is 11.8 Å². The number of hydrogen-bond acceptors (Lipinski definition) is 2. The normalized spacial score (nSPS) is 19.0. The monoisotopic (exact) mass is 184 g/mol. The van der Waals surface area contributed by atoms with Gasteiger partial charge in [-0.2, -0.15) is 0 Å². The van der Waals surface area contributed by atoms with Gasteiger partial charge in [0.15, 0.2) is 0 Å². The highest BCUT2D eigenvalue weighted by Gasteiger charge is 2.13. The fraction of sp³-hybridized carbons (Fsp3) is 0.900. The van der Waals surface area contributed by atoms with Gasteiger partial charge in [-0.15, -0.1) is 0 Å².